The van der Waals surface area contributed by atoms with Crippen LogP contribution >= 0.6 is 11.3 Å². The molecule has 2 aromatic heterocycles. The Morgan fingerprint density at radius 2 is 2.11 bits per heavy atom. The highest BCUT2D eigenvalue weighted by Crippen LogP contribution is 2.42. The highest BCUT2D eigenvalue weighted by Gasteiger charge is 2.45. The predicted octanol–water partition coefficient (Wildman–Crippen LogP) is 4.24. The monoisotopic (exact) mass is 517 g/mol. The van der Waals surface area contributed by atoms with E-state index in [1.54, 1.807) is 34.5 Å². The first kappa shape index (κ1) is 26.0. The molecule has 2 N–H and O–H groups in total. The van der Waals surface area contributed by atoms with Gasteiger partial charge in [0.15, 0.2) is 10.9 Å². The Hall–Kier alpha value is -4.07. The summed E-state index contributed by atoms with van der Waals surface area (Å²) in [4.78, 5) is 42.3. The number of nitrogens with one attached hydrogen (secondary N) is 2. The van der Waals surface area contributed by atoms with Gasteiger partial charge >= 0.3 is 0 Å². The van der Waals surface area contributed by atoms with Crippen LogP contribution < -0.4 is 10.6 Å². The van der Waals surface area contributed by atoms with E-state index in [4.69, 9.17) is 4.74 Å². The van der Waals surface area contributed by atoms with Crippen LogP contribution in [0, 0.1) is 11.3 Å². The number of rotatable bonds is 10. The van der Waals surface area contributed by atoms with Crippen LogP contribution in [-0.2, 0) is 15.1 Å². The highest BCUT2D eigenvalue weighted by atomic mass is 32.1. The first-order valence-corrected chi connectivity index (χ1v) is 12.6. The Labute approximate surface area is 218 Å². The molecule has 10 heteroatoms. The van der Waals surface area contributed by atoms with Crippen LogP contribution in [0.4, 0.5) is 5.13 Å². The van der Waals surface area contributed by atoms with Crippen LogP contribution in [-0.4, -0.2) is 46.9 Å². The van der Waals surface area contributed by atoms with Crippen molar-refractivity contribution < 1.29 is 19.1 Å². The maximum atomic E-state index is 13.0. The molecule has 0 aliphatic heterocycles. The third-order valence-corrected chi connectivity index (χ3v) is 6.90. The van der Waals surface area contributed by atoms with Gasteiger partial charge in [-0.2, -0.15) is 5.26 Å². The smallest absolute Gasteiger partial charge is 0.253 e. The number of nitriles is 1. The second kappa shape index (κ2) is 10.9. The topological polar surface area (TPSA) is 126 Å². The number of hydrogen-bond acceptors (Lipinski definition) is 7. The first-order valence-electron chi connectivity index (χ1n) is 11.7. The normalized spacial score (nSPS) is 14.6. The standard InChI is InChI=1S/C27H27N5O4S/c1-4-5-18-6-7-19(12-21(18)17(2)33)23-15-37-26(30-23)31-25(35)22(14-36-3)29-24(34)20-8-11-32(13-20)27(16-28)9-10-27/h4-8,11-13,15,22H,9-10,14H2,1-3H3,(H,29,34)(H,30,31,35)/b5-4-. The van der Waals surface area contributed by atoms with Gasteiger partial charge in [-0.1, -0.05) is 24.3 Å². The van der Waals surface area contributed by atoms with Crippen LogP contribution in [0.1, 0.15) is 53.0 Å². The first-order chi connectivity index (χ1) is 17.8. The van der Waals surface area contributed by atoms with Gasteiger partial charge in [-0.3, -0.25) is 14.4 Å². The molecule has 1 aliphatic rings. The zero-order valence-corrected chi connectivity index (χ0v) is 21.6. The number of carbonyl (C=O) groups is 3. The summed E-state index contributed by atoms with van der Waals surface area (Å²) in [5, 5.41) is 16.9. The van der Waals surface area contributed by atoms with Gasteiger partial charge in [-0.25, -0.2) is 4.98 Å². The Balaban J connectivity index is 1.45. The van der Waals surface area contributed by atoms with E-state index in [2.05, 4.69) is 21.7 Å². The van der Waals surface area contributed by atoms with Crippen molar-refractivity contribution in [3.05, 3.63) is 64.8 Å². The molecule has 2 heterocycles. The number of methoxy groups -OCH3 is 1. The molecule has 4 rings (SSSR count). The summed E-state index contributed by atoms with van der Waals surface area (Å²) in [5.74, 6) is -0.964. The number of Topliss-reactive ketones (excluding diaryl/α,β-unsaturated/α-hetero) is 1. The van der Waals surface area contributed by atoms with Crippen LogP contribution in [0.5, 0.6) is 0 Å². The molecule has 2 amide bonds. The summed E-state index contributed by atoms with van der Waals surface area (Å²) < 4.78 is 6.89. The van der Waals surface area contributed by atoms with Crippen molar-refractivity contribution in [3.8, 4) is 17.3 Å². The number of hydrogen-bond donors (Lipinski definition) is 2. The molecule has 0 bridgehead atoms. The quantitative estimate of drug-likeness (QED) is 0.387. The van der Waals surface area contributed by atoms with Gasteiger partial charge in [0, 0.05) is 36.0 Å². The molecule has 0 radical (unpaired) electrons. The second-order valence-corrected chi connectivity index (χ2v) is 9.68. The van der Waals surface area contributed by atoms with Crippen molar-refractivity contribution in [1.29, 1.82) is 5.26 Å². The zero-order valence-electron chi connectivity index (χ0n) is 20.8. The average Bonchev–Trinajstić information content (AvgIpc) is 3.27. The van der Waals surface area contributed by atoms with Crippen LogP contribution in [0.3, 0.4) is 0 Å². The number of thiazole rings is 1. The lowest BCUT2D eigenvalue weighted by Crippen LogP contribution is -2.46. The van der Waals surface area contributed by atoms with Crippen LogP contribution in [0.2, 0.25) is 0 Å². The summed E-state index contributed by atoms with van der Waals surface area (Å²) in [5.41, 5.74) is 2.59. The average molecular weight is 518 g/mol. The Kier molecular flexibility index (Phi) is 7.66. The van der Waals surface area contributed by atoms with Gasteiger partial charge in [-0.05, 0) is 44.4 Å². The third-order valence-electron chi connectivity index (χ3n) is 6.15. The van der Waals surface area contributed by atoms with Gasteiger partial charge in [0.05, 0.1) is 23.9 Å². The molecule has 37 heavy (non-hydrogen) atoms. The van der Waals surface area contributed by atoms with Crippen molar-refractivity contribution in [3.63, 3.8) is 0 Å². The fourth-order valence-electron chi connectivity index (χ4n) is 3.94. The number of ketones is 1. The maximum Gasteiger partial charge on any atom is 0.253 e. The van der Waals surface area contributed by atoms with Gasteiger partial charge in [-0.15, -0.1) is 11.3 Å². The molecular weight excluding hydrogens is 490 g/mol. The van der Waals surface area contributed by atoms with Gasteiger partial charge in [0.1, 0.15) is 11.6 Å². The largest absolute Gasteiger partial charge is 0.382 e. The number of aromatic nitrogens is 2. The number of nitrogens with zero attached hydrogens (tertiary/aromatic N) is 3. The van der Waals surface area contributed by atoms with Crippen molar-refractivity contribution >= 4 is 40.1 Å². The molecule has 0 spiro atoms. The summed E-state index contributed by atoms with van der Waals surface area (Å²) in [6.45, 7) is 3.37. The van der Waals surface area contributed by atoms with E-state index in [0.29, 0.717) is 22.0 Å². The van der Waals surface area contributed by atoms with Gasteiger partial charge in [0.25, 0.3) is 11.8 Å². The molecule has 0 saturated heterocycles. The number of anilines is 1. The van der Waals surface area contributed by atoms with Gasteiger partial charge < -0.3 is 19.9 Å². The van der Waals surface area contributed by atoms with Crippen LogP contribution in [0.25, 0.3) is 17.3 Å². The molecule has 1 aliphatic carbocycles. The van der Waals surface area contributed by atoms with E-state index in [0.717, 1.165) is 24.0 Å². The van der Waals surface area contributed by atoms with E-state index in [1.165, 1.54) is 25.4 Å². The van der Waals surface area contributed by atoms with E-state index in [-0.39, 0.29) is 12.4 Å². The molecular formula is C27H27N5O4S. The Morgan fingerprint density at radius 3 is 2.76 bits per heavy atom. The zero-order chi connectivity index (χ0) is 26.6. The molecule has 1 saturated carbocycles. The van der Waals surface area contributed by atoms with Crippen molar-refractivity contribution in [2.45, 2.75) is 38.3 Å². The molecule has 1 unspecified atom stereocenters. The minimum Gasteiger partial charge on any atom is -0.382 e. The van der Waals surface area contributed by atoms with Gasteiger partial charge in [0.2, 0.25) is 0 Å². The molecule has 3 aromatic rings. The van der Waals surface area contributed by atoms with Crippen molar-refractivity contribution in [2.75, 3.05) is 19.0 Å². The van der Waals surface area contributed by atoms with E-state index in [9.17, 15) is 19.6 Å². The molecule has 1 atom stereocenters. The van der Waals surface area contributed by atoms with Crippen molar-refractivity contribution in [1.82, 2.24) is 14.9 Å². The lowest BCUT2D eigenvalue weighted by atomic mass is 9.99. The number of amides is 2. The molecule has 190 valence electrons. The van der Waals surface area contributed by atoms with E-state index >= 15 is 0 Å². The SMILES string of the molecule is C/C=C\c1ccc(-c2csc(NC(=O)C(COC)NC(=O)c3ccn(C4(C#N)CC4)c3)n2)cc1C(C)=O. The summed E-state index contributed by atoms with van der Waals surface area (Å²) >= 11 is 1.24. The summed E-state index contributed by atoms with van der Waals surface area (Å²) in [6, 6.07) is 8.48. The summed E-state index contributed by atoms with van der Waals surface area (Å²) in [6.07, 6.45) is 8.57. The second-order valence-electron chi connectivity index (χ2n) is 8.82. The van der Waals surface area contributed by atoms with Crippen LogP contribution in [0.15, 0.2) is 48.1 Å². The molecule has 1 aromatic carbocycles. The number of ether oxygens (including phenoxy) is 1. The fourth-order valence-corrected chi connectivity index (χ4v) is 4.66. The third kappa shape index (κ3) is 5.69. The lowest BCUT2D eigenvalue weighted by Gasteiger charge is -2.16. The maximum absolute atomic E-state index is 13.0. The molecule has 9 nitrogen and oxygen atoms in total. The molecule has 1 fully saturated rings. The number of allylic oxidation sites excluding steroid dienone is 1. The Morgan fingerprint density at radius 1 is 1.32 bits per heavy atom. The highest BCUT2D eigenvalue weighted by molar-refractivity contribution is 7.14. The Bertz CT molecular complexity index is 1410. The van der Waals surface area contributed by atoms with E-state index < -0.39 is 23.4 Å². The van der Waals surface area contributed by atoms with Crippen molar-refractivity contribution in [2.24, 2.45) is 0 Å². The summed E-state index contributed by atoms with van der Waals surface area (Å²) in [7, 11) is 1.44. The number of carbonyl (C=O) groups excluding carboxylic acids is 3. The number of benzene rings is 1. The predicted molar refractivity (Wildman–Crippen MR) is 141 cm³/mol. The minimum atomic E-state index is -0.955. The fraction of sp³-hybridized carbons (Fsp3) is 0.296. The lowest BCUT2D eigenvalue weighted by molar-refractivity contribution is -0.119. The minimum absolute atomic E-state index is 0.0347. The van der Waals surface area contributed by atoms with E-state index in [1.807, 2.05) is 31.2 Å².